The molecule has 2 aliphatic heterocycles. The zero-order valence-corrected chi connectivity index (χ0v) is 22.2. The van der Waals surface area contributed by atoms with Crippen molar-refractivity contribution in [2.45, 2.75) is 50.7 Å². The van der Waals surface area contributed by atoms with E-state index in [1.807, 2.05) is 60.7 Å². The van der Waals surface area contributed by atoms with Gasteiger partial charge in [0.1, 0.15) is 18.2 Å². The Bertz CT molecular complexity index is 1410. The molecule has 0 aromatic heterocycles. The fraction of sp³-hybridized carbons (Fsp3) is 0.300. The summed E-state index contributed by atoms with van der Waals surface area (Å²) in [5.74, 6) is -1.81. The molecule has 5 atom stereocenters. The number of carbonyl (C=O) groups is 3. The third-order valence-electron chi connectivity index (χ3n) is 6.90. The van der Waals surface area contributed by atoms with E-state index in [4.69, 9.17) is 18.9 Å². The molecule has 0 aliphatic carbocycles. The van der Waals surface area contributed by atoms with E-state index in [1.165, 1.54) is 6.92 Å². The molecule has 0 bridgehead atoms. The largest absolute Gasteiger partial charge is 0.457 e. The monoisotopic (exact) mass is 556 g/mol. The Hall–Kier alpha value is -4.54. The molecular formula is C30H28N4O7. The number of imide groups is 1. The highest BCUT2D eigenvalue weighted by Crippen LogP contribution is 2.36. The van der Waals surface area contributed by atoms with Crippen molar-refractivity contribution in [3.05, 3.63) is 118 Å². The Balaban J connectivity index is 1.50. The molecule has 11 heteroatoms. The van der Waals surface area contributed by atoms with Crippen LogP contribution in [0, 0.1) is 0 Å². The molecule has 11 nitrogen and oxygen atoms in total. The third kappa shape index (κ3) is 6.13. The van der Waals surface area contributed by atoms with E-state index >= 15 is 0 Å². The van der Waals surface area contributed by atoms with Crippen molar-refractivity contribution in [2.75, 3.05) is 6.61 Å². The average Bonchev–Trinajstić information content (AvgIpc) is 3.23. The molecule has 3 aromatic rings. The van der Waals surface area contributed by atoms with Crippen LogP contribution < -0.4 is 0 Å². The number of hydrogen-bond donors (Lipinski definition) is 0. The second kappa shape index (κ2) is 12.8. The van der Waals surface area contributed by atoms with Crippen LogP contribution in [0.25, 0.3) is 10.4 Å². The number of hydrogen-bond acceptors (Lipinski definition) is 8. The van der Waals surface area contributed by atoms with Gasteiger partial charge >= 0.3 is 5.97 Å². The van der Waals surface area contributed by atoms with Crippen LogP contribution in [0.5, 0.6) is 0 Å². The average molecular weight is 557 g/mol. The summed E-state index contributed by atoms with van der Waals surface area (Å²) in [6, 6.07) is 23.9. The Morgan fingerprint density at radius 2 is 1.44 bits per heavy atom. The van der Waals surface area contributed by atoms with E-state index in [0.717, 1.165) is 16.0 Å². The van der Waals surface area contributed by atoms with E-state index in [-0.39, 0.29) is 30.9 Å². The summed E-state index contributed by atoms with van der Waals surface area (Å²) in [6.45, 7) is 1.50. The molecule has 41 heavy (non-hydrogen) atoms. The molecule has 1 fully saturated rings. The second-order valence-corrected chi connectivity index (χ2v) is 9.62. The van der Waals surface area contributed by atoms with E-state index in [9.17, 15) is 19.9 Å². The molecule has 0 unspecified atom stereocenters. The highest BCUT2D eigenvalue weighted by atomic mass is 16.6. The van der Waals surface area contributed by atoms with Gasteiger partial charge in [-0.25, -0.2) is 0 Å². The van der Waals surface area contributed by atoms with Gasteiger partial charge in [-0.05, 0) is 28.8 Å². The summed E-state index contributed by atoms with van der Waals surface area (Å²) in [5, 5.41) is 3.81. The summed E-state index contributed by atoms with van der Waals surface area (Å²) in [6.07, 6.45) is -4.51. The molecule has 0 spiro atoms. The Morgan fingerprint density at radius 1 is 0.878 bits per heavy atom. The summed E-state index contributed by atoms with van der Waals surface area (Å²) >= 11 is 0. The molecule has 0 radical (unpaired) electrons. The van der Waals surface area contributed by atoms with Gasteiger partial charge in [0, 0.05) is 11.8 Å². The maximum atomic E-state index is 13.5. The molecule has 1 saturated heterocycles. The lowest BCUT2D eigenvalue weighted by molar-refractivity contribution is -0.233. The van der Waals surface area contributed by atoms with Crippen LogP contribution in [0.1, 0.15) is 38.8 Å². The van der Waals surface area contributed by atoms with E-state index < -0.39 is 48.4 Å². The minimum Gasteiger partial charge on any atom is -0.457 e. The quantitative estimate of drug-likeness (QED) is 0.118. The van der Waals surface area contributed by atoms with Crippen LogP contribution in [0.3, 0.4) is 0 Å². The Kier molecular flexibility index (Phi) is 8.71. The maximum Gasteiger partial charge on any atom is 0.303 e. The molecule has 2 aliphatic rings. The molecule has 0 saturated carbocycles. The minimum atomic E-state index is -1.35. The predicted molar refractivity (Wildman–Crippen MR) is 145 cm³/mol. The van der Waals surface area contributed by atoms with Crippen molar-refractivity contribution in [2.24, 2.45) is 5.11 Å². The number of fused-ring (bicyclic) bond motifs is 1. The van der Waals surface area contributed by atoms with Gasteiger partial charge in [-0.3, -0.25) is 19.3 Å². The maximum absolute atomic E-state index is 13.5. The molecule has 5 rings (SSSR count). The normalized spacial score (nSPS) is 23.5. The lowest BCUT2D eigenvalue weighted by Crippen LogP contribution is -2.66. The fourth-order valence-electron chi connectivity index (χ4n) is 5.10. The molecule has 2 heterocycles. The van der Waals surface area contributed by atoms with Crippen molar-refractivity contribution in [1.82, 2.24) is 4.90 Å². The summed E-state index contributed by atoms with van der Waals surface area (Å²) in [7, 11) is 0. The standard InChI is InChI=1S/C30H28N4O7/c1-19(35)40-26-24(18-38-16-20-10-4-2-5-11-20)41-28(32-33-31)25(27(26)39-17-21-12-6-3-7-13-21)34-29(36)22-14-8-9-15-23(22)30(34)37/h2-15,24-28H,16-18H2,1H3/t24-,25-,26-,27-,28-/m1/s1. The number of amides is 2. The first-order valence-corrected chi connectivity index (χ1v) is 13.1. The van der Waals surface area contributed by atoms with Gasteiger partial charge < -0.3 is 18.9 Å². The highest BCUT2D eigenvalue weighted by Gasteiger charge is 2.55. The number of benzene rings is 3. The molecule has 0 N–H and O–H groups in total. The van der Waals surface area contributed by atoms with Gasteiger partial charge in [-0.1, -0.05) is 77.9 Å². The van der Waals surface area contributed by atoms with Crippen LogP contribution in [-0.4, -0.2) is 59.9 Å². The number of nitrogens with zero attached hydrogens (tertiary/aromatic N) is 4. The Labute approximate surface area is 236 Å². The smallest absolute Gasteiger partial charge is 0.303 e. The first-order chi connectivity index (χ1) is 20.0. The summed E-state index contributed by atoms with van der Waals surface area (Å²) in [4.78, 5) is 43.3. The van der Waals surface area contributed by atoms with Crippen LogP contribution in [0.15, 0.2) is 90.0 Å². The van der Waals surface area contributed by atoms with E-state index in [0.29, 0.717) is 0 Å². The number of rotatable bonds is 10. The van der Waals surface area contributed by atoms with Gasteiger partial charge in [0.25, 0.3) is 11.8 Å². The number of ether oxygens (including phenoxy) is 4. The fourth-order valence-corrected chi connectivity index (χ4v) is 5.10. The Morgan fingerprint density at radius 3 is 2.00 bits per heavy atom. The first-order valence-electron chi connectivity index (χ1n) is 13.1. The summed E-state index contributed by atoms with van der Waals surface area (Å²) in [5.41, 5.74) is 11.6. The zero-order valence-electron chi connectivity index (χ0n) is 22.2. The SMILES string of the molecule is CC(=O)O[C@H]1[C@H](OCc2ccccc2)[C@@H](N2C(=O)c3ccccc3C2=O)[C@H](N=[N+]=[N-])O[C@@H]1COCc1ccccc1. The van der Waals surface area contributed by atoms with Gasteiger partial charge in [0.15, 0.2) is 12.3 Å². The summed E-state index contributed by atoms with van der Waals surface area (Å²) < 4.78 is 24.1. The second-order valence-electron chi connectivity index (χ2n) is 9.62. The highest BCUT2D eigenvalue weighted by molar-refractivity contribution is 6.21. The van der Waals surface area contributed by atoms with Gasteiger partial charge in [0.2, 0.25) is 0 Å². The van der Waals surface area contributed by atoms with Crippen LogP contribution in [-0.2, 0) is 37.0 Å². The van der Waals surface area contributed by atoms with Crippen molar-refractivity contribution in [3.63, 3.8) is 0 Å². The van der Waals surface area contributed by atoms with Crippen molar-refractivity contribution >= 4 is 17.8 Å². The number of carbonyl (C=O) groups excluding carboxylic acids is 3. The predicted octanol–water partition coefficient (Wildman–Crippen LogP) is 4.42. The lowest BCUT2D eigenvalue weighted by atomic mass is 9.94. The van der Waals surface area contributed by atoms with Gasteiger partial charge in [-0.2, -0.15) is 0 Å². The van der Waals surface area contributed by atoms with Gasteiger partial charge in [-0.15, -0.1) is 0 Å². The number of azide groups is 1. The van der Waals surface area contributed by atoms with Crippen LogP contribution in [0.4, 0.5) is 0 Å². The topological polar surface area (TPSA) is 140 Å². The van der Waals surface area contributed by atoms with E-state index in [1.54, 1.807) is 24.3 Å². The lowest BCUT2D eigenvalue weighted by Gasteiger charge is -2.46. The van der Waals surface area contributed by atoms with E-state index in [2.05, 4.69) is 10.0 Å². The first kappa shape index (κ1) is 28.0. The van der Waals surface area contributed by atoms with Crippen molar-refractivity contribution in [1.29, 1.82) is 0 Å². The molecular weight excluding hydrogens is 528 g/mol. The van der Waals surface area contributed by atoms with Crippen molar-refractivity contribution < 1.29 is 33.3 Å². The van der Waals surface area contributed by atoms with Crippen molar-refractivity contribution in [3.8, 4) is 0 Å². The van der Waals surface area contributed by atoms with Crippen LogP contribution >= 0.6 is 0 Å². The third-order valence-corrected chi connectivity index (χ3v) is 6.90. The number of esters is 1. The zero-order chi connectivity index (χ0) is 28.8. The van der Waals surface area contributed by atoms with Gasteiger partial charge in [0.05, 0.1) is 30.9 Å². The minimum absolute atomic E-state index is 0.0513. The molecule has 210 valence electrons. The van der Waals surface area contributed by atoms with Crippen LogP contribution in [0.2, 0.25) is 0 Å². The molecule has 2 amide bonds. The molecule has 3 aromatic carbocycles.